The van der Waals surface area contributed by atoms with Gasteiger partial charge in [0.2, 0.25) is 0 Å². The molecular weight excluding hydrogens is 739 g/mol. The van der Waals surface area contributed by atoms with Crippen LogP contribution in [-0.4, -0.2) is 4.57 Å². The Labute approximate surface area is 356 Å². The van der Waals surface area contributed by atoms with Gasteiger partial charge in [-0.15, -0.1) is 0 Å². The molecule has 3 nitrogen and oxygen atoms in total. The SMILES string of the molecule is c1ccc(-c2ccc(N(c3ccccc3)c3ccc(-c4ccc(N(c5ccccc5)c5ccc6c7ccccc7n(-c7ccccc7)c6c5)c5ccccc45)cc3)cc2)cc1. The van der Waals surface area contributed by atoms with Gasteiger partial charge in [-0.05, 0) is 113 Å². The predicted molar refractivity (Wildman–Crippen MR) is 259 cm³/mol. The fourth-order valence-electron chi connectivity index (χ4n) is 8.94. The Kier molecular flexibility index (Phi) is 9.18. The number of fused-ring (bicyclic) bond motifs is 4. The van der Waals surface area contributed by atoms with Crippen LogP contribution in [0.3, 0.4) is 0 Å². The van der Waals surface area contributed by atoms with Crippen molar-refractivity contribution in [3.05, 3.63) is 249 Å². The molecule has 0 aliphatic rings. The lowest BCUT2D eigenvalue weighted by Crippen LogP contribution is -2.11. The number of para-hydroxylation sites is 4. The van der Waals surface area contributed by atoms with E-state index < -0.39 is 0 Å². The number of hydrogen-bond donors (Lipinski definition) is 0. The monoisotopic (exact) mass is 779 g/mol. The van der Waals surface area contributed by atoms with E-state index in [1.807, 2.05) is 0 Å². The summed E-state index contributed by atoms with van der Waals surface area (Å²) in [4.78, 5) is 4.73. The van der Waals surface area contributed by atoms with Crippen LogP contribution in [0.5, 0.6) is 0 Å². The smallest absolute Gasteiger partial charge is 0.0561 e. The van der Waals surface area contributed by atoms with Gasteiger partial charge < -0.3 is 14.4 Å². The van der Waals surface area contributed by atoms with Gasteiger partial charge >= 0.3 is 0 Å². The Morgan fingerprint density at radius 3 is 1.38 bits per heavy atom. The average Bonchev–Trinajstić information content (AvgIpc) is 3.67. The van der Waals surface area contributed by atoms with Crippen LogP contribution in [-0.2, 0) is 0 Å². The largest absolute Gasteiger partial charge is 0.311 e. The highest BCUT2D eigenvalue weighted by Crippen LogP contribution is 2.44. The Balaban J connectivity index is 1.01. The maximum atomic E-state index is 2.41. The van der Waals surface area contributed by atoms with Gasteiger partial charge in [-0.1, -0.05) is 164 Å². The van der Waals surface area contributed by atoms with Crippen molar-refractivity contribution in [1.82, 2.24) is 4.57 Å². The Morgan fingerprint density at radius 2 is 0.721 bits per heavy atom. The van der Waals surface area contributed by atoms with Crippen LogP contribution in [0.1, 0.15) is 0 Å². The second-order valence-electron chi connectivity index (χ2n) is 15.4. The lowest BCUT2D eigenvalue weighted by Gasteiger charge is -2.28. The average molecular weight is 780 g/mol. The molecule has 0 bridgehead atoms. The van der Waals surface area contributed by atoms with Gasteiger partial charge in [0.1, 0.15) is 0 Å². The molecule has 11 rings (SSSR count). The molecular formula is C58H41N3. The molecule has 1 heterocycles. The minimum Gasteiger partial charge on any atom is -0.311 e. The summed E-state index contributed by atoms with van der Waals surface area (Å²) in [6.45, 7) is 0. The third-order valence-electron chi connectivity index (χ3n) is 11.8. The standard InChI is InChI=1S/C58H41N3/c1-5-17-42(18-6-1)43-29-33-48(34-30-43)59(45-19-7-2-8-20-45)49-35-31-44(32-36-49)51-39-40-57(53-26-14-13-25-52(51)53)60(46-21-9-3-10-22-46)50-37-38-55-54-27-15-16-28-56(54)61(58(55)41-50)47-23-11-4-12-24-47/h1-41H. The topological polar surface area (TPSA) is 11.4 Å². The predicted octanol–water partition coefficient (Wildman–Crippen LogP) is 16.2. The summed E-state index contributed by atoms with van der Waals surface area (Å²) in [6, 6.07) is 89.4. The van der Waals surface area contributed by atoms with E-state index >= 15 is 0 Å². The fourth-order valence-corrected chi connectivity index (χ4v) is 8.94. The van der Waals surface area contributed by atoms with Crippen LogP contribution in [0.4, 0.5) is 34.1 Å². The van der Waals surface area contributed by atoms with Gasteiger partial charge in [0.25, 0.3) is 0 Å². The van der Waals surface area contributed by atoms with E-state index in [0.29, 0.717) is 0 Å². The van der Waals surface area contributed by atoms with Crippen LogP contribution < -0.4 is 9.80 Å². The molecule has 0 aliphatic heterocycles. The van der Waals surface area contributed by atoms with Crippen LogP contribution in [0.2, 0.25) is 0 Å². The molecule has 0 saturated carbocycles. The molecule has 3 heteroatoms. The van der Waals surface area contributed by atoms with Crippen molar-refractivity contribution >= 4 is 66.7 Å². The first-order chi connectivity index (χ1) is 30.3. The summed E-state index contributed by atoms with van der Waals surface area (Å²) in [5, 5.41) is 4.85. The van der Waals surface area contributed by atoms with Crippen LogP contribution in [0, 0.1) is 0 Å². The van der Waals surface area contributed by atoms with Gasteiger partial charge in [-0.25, -0.2) is 0 Å². The van der Waals surface area contributed by atoms with Crippen molar-refractivity contribution < 1.29 is 0 Å². The molecule has 10 aromatic carbocycles. The van der Waals surface area contributed by atoms with Crippen molar-refractivity contribution in [1.29, 1.82) is 0 Å². The van der Waals surface area contributed by atoms with Crippen molar-refractivity contribution in [2.75, 3.05) is 9.80 Å². The first kappa shape index (κ1) is 36.0. The molecule has 61 heavy (non-hydrogen) atoms. The highest BCUT2D eigenvalue weighted by Gasteiger charge is 2.20. The number of hydrogen-bond acceptors (Lipinski definition) is 2. The van der Waals surface area contributed by atoms with E-state index in [9.17, 15) is 0 Å². The molecule has 0 N–H and O–H groups in total. The molecule has 0 unspecified atom stereocenters. The maximum Gasteiger partial charge on any atom is 0.0561 e. The van der Waals surface area contributed by atoms with E-state index in [1.54, 1.807) is 0 Å². The third kappa shape index (κ3) is 6.59. The van der Waals surface area contributed by atoms with Gasteiger partial charge in [0, 0.05) is 50.3 Å². The Hall–Kier alpha value is -8.14. The Morgan fingerprint density at radius 1 is 0.262 bits per heavy atom. The maximum absolute atomic E-state index is 2.41. The molecule has 1 aromatic heterocycles. The lowest BCUT2D eigenvalue weighted by molar-refractivity contribution is 1.18. The Bertz CT molecular complexity index is 3270. The zero-order chi connectivity index (χ0) is 40.5. The second-order valence-corrected chi connectivity index (χ2v) is 15.4. The minimum absolute atomic E-state index is 1.10. The number of aromatic nitrogens is 1. The van der Waals surface area contributed by atoms with Gasteiger partial charge in [-0.3, -0.25) is 0 Å². The van der Waals surface area contributed by atoms with Crippen molar-refractivity contribution in [2.24, 2.45) is 0 Å². The van der Waals surface area contributed by atoms with E-state index in [-0.39, 0.29) is 0 Å². The number of rotatable bonds is 9. The van der Waals surface area contributed by atoms with Gasteiger partial charge in [0.05, 0.1) is 16.7 Å². The van der Waals surface area contributed by atoms with Crippen LogP contribution in [0.15, 0.2) is 249 Å². The third-order valence-corrected chi connectivity index (χ3v) is 11.8. The molecule has 0 fully saturated rings. The normalized spacial score (nSPS) is 11.3. The zero-order valence-electron chi connectivity index (χ0n) is 33.5. The van der Waals surface area contributed by atoms with E-state index in [1.165, 1.54) is 54.8 Å². The fraction of sp³-hybridized carbons (Fsp3) is 0. The molecule has 0 amide bonds. The summed E-state index contributed by atoms with van der Waals surface area (Å²) in [5.41, 5.74) is 14.9. The van der Waals surface area contributed by atoms with Crippen molar-refractivity contribution in [3.8, 4) is 27.9 Å². The number of benzene rings is 10. The molecule has 11 aromatic rings. The van der Waals surface area contributed by atoms with Crippen molar-refractivity contribution in [2.45, 2.75) is 0 Å². The molecule has 0 aliphatic carbocycles. The van der Waals surface area contributed by atoms with E-state index in [2.05, 4.69) is 263 Å². The lowest BCUT2D eigenvalue weighted by atomic mass is 9.96. The van der Waals surface area contributed by atoms with Gasteiger partial charge in [0.15, 0.2) is 0 Å². The number of nitrogens with zero attached hydrogens (tertiary/aromatic N) is 3. The highest BCUT2D eigenvalue weighted by molar-refractivity contribution is 6.11. The minimum atomic E-state index is 1.10. The van der Waals surface area contributed by atoms with Crippen molar-refractivity contribution in [3.63, 3.8) is 0 Å². The van der Waals surface area contributed by atoms with E-state index in [4.69, 9.17) is 0 Å². The summed E-state index contributed by atoms with van der Waals surface area (Å²) >= 11 is 0. The van der Waals surface area contributed by atoms with E-state index in [0.717, 1.165) is 39.8 Å². The first-order valence-electron chi connectivity index (χ1n) is 20.9. The van der Waals surface area contributed by atoms with Crippen LogP contribution >= 0.6 is 0 Å². The molecule has 0 radical (unpaired) electrons. The molecule has 0 saturated heterocycles. The molecule has 0 spiro atoms. The summed E-state index contributed by atoms with van der Waals surface area (Å²) in [7, 11) is 0. The number of anilines is 6. The molecule has 288 valence electrons. The molecule has 0 atom stereocenters. The summed E-state index contributed by atoms with van der Waals surface area (Å²) in [5.74, 6) is 0. The zero-order valence-corrected chi connectivity index (χ0v) is 33.5. The second kappa shape index (κ2) is 15.6. The first-order valence-corrected chi connectivity index (χ1v) is 20.9. The summed E-state index contributed by atoms with van der Waals surface area (Å²) < 4.78 is 2.39. The quantitative estimate of drug-likeness (QED) is 0.145. The van der Waals surface area contributed by atoms with Crippen LogP contribution in [0.25, 0.3) is 60.5 Å². The highest BCUT2D eigenvalue weighted by atomic mass is 15.1. The summed E-state index contributed by atoms with van der Waals surface area (Å²) in [6.07, 6.45) is 0. The van der Waals surface area contributed by atoms with Gasteiger partial charge in [-0.2, -0.15) is 0 Å².